The highest BCUT2D eigenvalue weighted by Crippen LogP contribution is 2.31. The Labute approximate surface area is 171 Å². The third-order valence-corrected chi connectivity index (χ3v) is 5.04. The molecule has 2 aromatic carbocycles. The largest absolute Gasteiger partial charge is 0.493 e. The second kappa shape index (κ2) is 8.65. The van der Waals surface area contributed by atoms with Crippen LogP contribution in [0.15, 0.2) is 42.6 Å². The van der Waals surface area contributed by atoms with E-state index in [0.717, 1.165) is 29.0 Å². The van der Waals surface area contributed by atoms with Crippen molar-refractivity contribution >= 4 is 29.1 Å². The fraction of sp³-hybridized carbons (Fsp3) is 0.238. The average Bonchev–Trinajstić information content (AvgIpc) is 2.69. The molecule has 8 heteroatoms. The lowest BCUT2D eigenvalue weighted by Crippen LogP contribution is -2.10. The molecular weight excluding hydrogens is 394 g/mol. The summed E-state index contributed by atoms with van der Waals surface area (Å²) in [6.45, 7) is 1.04. The van der Waals surface area contributed by atoms with Gasteiger partial charge in [-0.25, -0.2) is 18.7 Å². The molecule has 5 nitrogen and oxygen atoms in total. The summed E-state index contributed by atoms with van der Waals surface area (Å²) in [7, 11) is 0. The van der Waals surface area contributed by atoms with Crippen molar-refractivity contribution in [1.29, 1.82) is 0 Å². The van der Waals surface area contributed by atoms with Crippen LogP contribution in [0.1, 0.15) is 12.0 Å². The van der Waals surface area contributed by atoms with Crippen molar-refractivity contribution in [2.24, 2.45) is 0 Å². The fourth-order valence-corrected chi connectivity index (χ4v) is 3.67. The number of ether oxygens (including phenoxy) is 1. The topological polar surface area (TPSA) is 59.1 Å². The van der Waals surface area contributed by atoms with Crippen molar-refractivity contribution in [2.75, 3.05) is 30.0 Å². The normalized spacial score (nSPS) is 13.3. The summed E-state index contributed by atoms with van der Waals surface area (Å²) in [5.74, 6) is 0.850. The van der Waals surface area contributed by atoms with Gasteiger partial charge in [-0.1, -0.05) is 0 Å². The van der Waals surface area contributed by atoms with E-state index in [1.807, 2.05) is 24.5 Å². The van der Waals surface area contributed by atoms with E-state index in [9.17, 15) is 8.78 Å². The average molecular weight is 414 g/mol. The highest BCUT2D eigenvalue weighted by molar-refractivity contribution is 7.97. The predicted octanol–water partition coefficient (Wildman–Crippen LogP) is 5.22. The van der Waals surface area contributed by atoms with Crippen molar-refractivity contribution in [1.82, 2.24) is 9.97 Å². The summed E-state index contributed by atoms with van der Waals surface area (Å²) >= 11 is 1.71. The van der Waals surface area contributed by atoms with E-state index >= 15 is 0 Å². The molecule has 0 radical (unpaired) electrons. The lowest BCUT2D eigenvalue weighted by Gasteiger charge is -2.16. The highest BCUT2D eigenvalue weighted by Gasteiger charge is 2.15. The standard InChI is InChI=1S/C21H20F2N4OS/c1-29-12-13-7-15-10-16(8-13)28-6-2-5-24-19-9-14(22)3-4-17(19)20-18(23)11-25-21(26-15)27-20/h3-4,7-11,24H,2,5-6,12H2,1H3,(H,25,26,27). The molecule has 1 aliphatic heterocycles. The first-order valence-electron chi connectivity index (χ1n) is 9.21. The van der Waals surface area contributed by atoms with Crippen molar-refractivity contribution in [3.63, 3.8) is 0 Å². The minimum absolute atomic E-state index is 0.110. The number of hydrogen-bond acceptors (Lipinski definition) is 6. The number of nitrogens with zero attached hydrogens (tertiary/aromatic N) is 2. The zero-order valence-corrected chi connectivity index (χ0v) is 16.7. The third kappa shape index (κ3) is 4.59. The third-order valence-electron chi connectivity index (χ3n) is 4.42. The van der Waals surface area contributed by atoms with Gasteiger partial charge in [-0.3, -0.25) is 0 Å². The Bertz CT molecular complexity index is 1030. The Kier molecular flexibility index (Phi) is 5.80. The van der Waals surface area contributed by atoms with E-state index in [0.29, 0.717) is 30.8 Å². The molecule has 0 atom stereocenters. The molecule has 150 valence electrons. The summed E-state index contributed by atoms with van der Waals surface area (Å²) in [6.07, 6.45) is 3.85. The molecular formula is C21H20F2N4OS. The Hall–Kier alpha value is -2.87. The van der Waals surface area contributed by atoms with Crippen molar-refractivity contribution in [3.05, 3.63) is 59.8 Å². The minimum atomic E-state index is -0.572. The zero-order chi connectivity index (χ0) is 20.2. The monoisotopic (exact) mass is 414 g/mol. The van der Waals surface area contributed by atoms with E-state index < -0.39 is 11.6 Å². The summed E-state index contributed by atoms with van der Waals surface area (Å²) < 4.78 is 34.2. The van der Waals surface area contributed by atoms with Crippen LogP contribution in [0.2, 0.25) is 0 Å². The van der Waals surface area contributed by atoms with Crippen LogP contribution in [-0.4, -0.2) is 29.4 Å². The van der Waals surface area contributed by atoms with Gasteiger partial charge in [-0.2, -0.15) is 11.8 Å². The van der Waals surface area contributed by atoms with Gasteiger partial charge >= 0.3 is 0 Å². The van der Waals surface area contributed by atoms with Gasteiger partial charge < -0.3 is 15.4 Å². The van der Waals surface area contributed by atoms with E-state index in [4.69, 9.17) is 4.74 Å². The molecule has 4 rings (SSSR count). The number of hydrogen-bond donors (Lipinski definition) is 2. The van der Waals surface area contributed by atoms with Crippen LogP contribution in [-0.2, 0) is 5.75 Å². The van der Waals surface area contributed by atoms with Gasteiger partial charge in [0, 0.05) is 35.3 Å². The number of halogens is 2. The molecule has 4 bridgehead atoms. The molecule has 2 heterocycles. The maximum atomic E-state index is 14.5. The predicted molar refractivity (Wildman–Crippen MR) is 113 cm³/mol. The number of anilines is 3. The van der Waals surface area contributed by atoms with E-state index in [2.05, 4.69) is 20.6 Å². The molecule has 0 aliphatic carbocycles. The van der Waals surface area contributed by atoms with Gasteiger partial charge in [0.05, 0.1) is 12.8 Å². The lowest BCUT2D eigenvalue weighted by atomic mass is 10.1. The molecule has 29 heavy (non-hydrogen) atoms. The molecule has 2 N–H and O–H groups in total. The molecule has 0 fully saturated rings. The first kappa shape index (κ1) is 19.4. The number of rotatable bonds is 2. The van der Waals surface area contributed by atoms with Crippen LogP contribution in [0.4, 0.5) is 26.1 Å². The molecule has 0 unspecified atom stereocenters. The fourth-order valence-electron chi connectivity index (χ4n) is 3.17. The van der Waals surface area contributed by atoms with E-state index in [1.54, 1.807) is 11.8 Å². The molecule has 1 aromatic heterocycles. The van der Waals surface area contributed by atoms with Crippen LogP contribution in [0, 0.1) is 11.6 Å². The number of aromatic nitrogens is 2. The Morgan fingerprint density at radius 2 is 2.07 bits per heavy atom. The Morgan fingerprint density at radius 1 is 1.17 bits per heavy atom. The van der Waals surface area contributed by atoms with Gasteiger partial charge in [-0.15, -0.1) is 0 Å². The van der Waals surface area contributed by atoms with Crippen LogP contribution < -0.4 is 15.4 Å². The van der Waals surface area contributed by atoms with Gasteiger partial charge in [0.15, 0.2) is 5.82 Å². The van der Waals surface area contributed by atoms with Crippen LogP contribution >= 0.6 is 11.8 Å². The van der Waals surface area contributed by atoms with Gasteiger partial charge in [0.2, 0.25) is 5.95 Å². The number of benzene rings is 2. The second-order valence-electron chi connectivity index (χ2n) is 6.63. The first-order valence-corrected chi connectivity index (χ1v) is 10.6. The zero-order valence-electron chi connectivity index (χ0n) is 15.8. The SMILES string of the molecule is CSCc1cc2cc(c1)OCCCNc1cc(F)ccc1-c1nc(ncc1F)N2. The number of fused-ring (bicyclic) bond motifs is 6. The smallest absolute Gasteiger partial charge is 0.227 e. The minimum Gasteiger partial charge on any atom is -0.493 e. The van der Waals surface area contributed by atoms with Crippen LogP contribution in [0.25, 0.3) is 11.3 Å². The first-order chi connectivity index (χ1) is 14.1. The maximum Gasteiger partial charge on any atom is 0.227 e. The summed E-state index contributed by atoms with van der Waals surface area (Å²) in [5, 5.41) is 6.29. The summed E-state index contributed by atoms with van der Waals surface area (Å²) in [5.41, 5.74) is 2.93. The van der Waals surface area contributed by atoms with Crippen LogP contribution in [0.3, 0.4) is 0 Å². The van der Waals surface area contributed by atoms with E-state index in [1.165, 1.54) is 18.2 Å². The molecule has 0 saturated carbocycles. The summed E-state index contributed by atoms with van der Waals surface area (Å²) in [4.78, 5) is 8.41. The highest BCUT2D eigenvalue weighted by atomic mass is 32.2. The van der Waals surface area contributed by atoms with Crippen molar-refractivity contribution in [3.8, 4) is 17.0 Å². The Morgan fingerprint density at radius 3 is 2.93 bits per heavy atom. The second-order valence-corrected chi connectivity index (χ2v) is 7.50. The van der Waals surface area contributed by atoms with Gasteiger partial charge in [0.1, 0.15) is 17.3 Å². The maximum absolute atomic E-state index is 14.5. The molecule has 0 spiro atoms. The molecule has 1 aliphatic rings. The molecule has 0 saturated heterocycles. The van der Waals surface area contributed by atoms with Crippen molar-refractivity contribution < 1.29 is 13.5 Å². The Balaban J connectivity index is 1.79. The van der Waals surface area contributed by atoms with E-state index in [-0.39, 0.29) is 11.6 Å². The van der Waals surface area contributed by atoms with Gasteiger partial charge in [0.25, 0.3) is 0 Å². The molecule has 3 aromatic rings. The number of nitrogens with one attached hydrogen (secondary N) is 2. The molecule has 0 amide bonds. The number of thioether (sulfide) groups is 1. The van der Waals surface area contributed by atoms with Gasteiger partial charge in [-0.05, 0) is 48.6 Å². The quantitative estimate of drug-likeness (QED) is 0.599. The lowest BCUT2D eigenvalue weighted by molar-refractivity contribution is 0.315. The van der Waals surface area contributed by atoms with Crippen LogP contribution in [0.5, 0.6) is 5.75 Å². The van der Waals surface area contributed by atoms with Crippen molar-refractivity contribution in [2.45, 2.75) is 12.2 Å². The summed E-state index contributed by atoms with van der Waals surface area (Å²) in [6, 6.07) is 10.0.